The van der Waals surface area contributed by atoms with Gasteiger partial charge >= 0.3 is 0 Å². The van der Waals surface area contributed by atoms with Crippen LogP contribution in [0, 0.1) is 0 Å². The third kappa shape index (κ3) is 5.58. The van der Waals surface area contributed by atoms with Crippen LogP contribution in [0.4, 0.5) is 0 Å². The number of thioether (sulfide) groups is 1. The lowest BCUT2D eigenvalue weighted by atomic mass is 9.97. The number of nitrogens with one attached hydrogen (secondary N) is 1. The molecule has 0 aromatic carbocycles. The predicted octanol–water partition coefficient (Wildman–Crippen LogP) is 4.22. The van der Waals surface area contributed by atoms with Crippen molar-refractivity contribution in [2.24, 2.45) is 0 Å². The van der Waals surface area contributed by atoms with Crippen molar-refractivity contribution in [1.82, 2.24) is 5.32 Å². The molecular formula is C14H29NS. The molecule has 0 spiro atoms. The molecule has 1 aliphatic rings. The summed E-state index contributed by atoms with van der Waals surface area (Å²) in [6.45, 7) is 0. The Morgan fingerprint density at radius 1 is 0.812 bits per heavy atom. The van der Waals surface area contributed by atoms with Gasteiger partial charge in [-0.25, -0.2) is 0 Å². The first-order valence-electron chi connectivity index (χ1n) is 7.08. The molecule has 1 rings (SSSR count). The summed E-state index contributed by atoms with van der Waals surface area (Å²) in [5.41, 5.74) is 0. The van der Waals surface area contributed by atoms with Crippen LogP contribution in [0.3, 0.4) is 0 Å². The van der Waals surface area contributed by atoms with Gasteiger partial charge in [0.2, 0.25) is 0 Å². The molecule has 2 heteroatoms. The van der Waals surface area contributed by atoms with Crippen LogP contribution in [0.5, 0.6) is 0 Å². The van der Waals surface area contributed by atoms with Crippen LogP contribution in [-0.4, -0.2) is 24.6 Å². The maximum absolute atomic E-state index is 3.54. The minimum Gasteiger partial charge on any atom is -0.316 e. The molecule has 1 N–H and O–H groups in total. The highest BCUT2D eigenvalue weighted by atomic mass is 32.2. The van der Waals surface area contributed by atoms with Crippen LogP contribution < -0.4 is 5.32 Å². The van der Waals surface area contributed by atoms with E-state index in [9.17, 15) is 0 Å². The monoisotopic (exact) mass is 243 g/mol. The molecule has 1 saturated carbocycles. The second-order valence-electron chi connectivity index (χ2n) is 5.08. The van der Waals surface area contributed by atoms with Gasteiger partial charge in [0.15, 0.2) is 0 Å². The molecule has 2 atom stereocenters. The average Bonchev–Trinajstić information content (AvgIpc) is 2.30. The Hall–Kier alpha value is 0.310. The van der Waals surface area contributed by atoms with Crippen molar-refractivity contribution >= 4 is 11.8 Å². The Balaban J connectivity index is 2.38. The van der Waals surface area contributed by atoms with Crippen molar-refractivity contribution in [1.29, 1.82) is 0 Å². The van der Waals surface area contributed by atoms with Crippen molar-refractivity contribution in [2.75, 3.05) is 13.3 Å². The second kappa shape index (κ2) is 9.35. The Bertz CT molecular complexity index is 143. The van der Waals surface area contributed by atoms with E-state index in [1.165, 1.54) is 64.2 Å². The van der Waals surface area contributed by atoms with E-state index in [4.69, 9.17) is 0 Å². The van der Waals surface area contributed by atoms with E-state index < -0.39 is 0 Å². The van der Waals surface area contributed by atoms with Gasteiger partial charge in [0.25, 0.3) is 0 Å². The van der Waals surface area contributed by atoms with Gasteiger partial charge < -0.3 is 5.32 Å². The molecule has 16 heavy (non-hydrogen) atoms. The summed E-state index contributed by atoms with van der Waals surface area (Å²) in [6, 6.07) is 0.745. The number of hydrogen-bond acceptors (Lipinski definition) is 2. The lowest BCUT2D eigenvalue weighted by Gasteiger charge is -2.26. The maximum Gasteiger partial charge on any atom is 0.0198 e. The fourth-order valence-electron chi connectivity index (χ4n) is 2.77. The first-order valence-corrected chi connectivity index (χ1v) is 8.37. The smallest absolute Gasteiger partial charge is 0.0198 e. The lowest BCUT2D eigenvalue weighted by molar-refractivity contribution is 0.434. The Labute approximate surface area is 106 Å². The summed E-state index contributed by atoms with van der Waals surface area (Å²) in [4.78, 5) is 0. The number of rotatable bonds is 2. The first kappa shape index (κ1) is 14.4. The Morgan fingerprint density at radius 2 is 1.31 bits per heavy atom. The minimum absolute atomic E-state index is 0.745. The zero-order valence-electron chi connectivity index (χ0n) is 11.1. The third-order valence-corrected chi connectivity index (χ3v) is 5.05. The molecule has 0 amide bonds. The van der Waals surface area contributed by atoms with E-state index in [2.05, 4.69) is 30.4 Å². The van der Waals surface area contributed by atoms with Gasteiger partial charge in [0, 0.05) is 11.3 Å². The summed E-state index contributed by atoms with van der Waals surface area (Å²) in [5.74, 6) is 0. The quantitative estimate of drug-likeness (QED) is 0.779. The molecule has 0 radical (unpaired) electrons. The average molecular weight is 243 g/mol. The highest BCUT2D eigenvalue weighted by Crippen LogP contribution is 2.24. The zero-order valence-corrected chi connectivity index (χ0v) is 12.0. The second-order valence-corrected chi connectivity index (χ2v) is 6.15. The van der Waals surface area contributed by atoms with Crippen LogP contribution in [0.1, 0.15) is 64.2 Å². The van der Waals surface area contributed by atoms with Crippen molar-refractivity contribution < 1.29 is 0 Å². The van der Waals surface area contributed by atoms with Crippen LogP contribution in [-0.2, 0) is 0 Å². The minimum atomic E-state index is 0.745. The van der Waals surface area contributed by atoms with E-state index in [1.54, 1.807) is 0 Å². The Kier molecular flexibility index (Phi) is 8.40. The normalized spacial score (nSPS) is 30.4. The predicted molar refractivity (Wildman–Crippen MR) is 76.3 cm³/mol. The molecule has 0 aromatic rings. The van der Waals surface area contributed by atoms with Crippen LogP contribution in [0.15, 0.2) is 0 Å². The molecule has 0 heterocycles. The van der Waals surface area contributed by atoms with Gasteiger partial charge in [-0.15, -0.1) is 0 Å². The highest BCUT2D eigenvalue weighted by molar-refractivity contribution is 7.99. The molecule has 0 aliphatic heterocycles. The van der Waals surface area contributed by atoms with Gasteiger partial charge in [-0.1, -0.05) is 51.4 Å². The fourth-order valence-corrected chi connectivity index (χ4v) is 3.77. The van der Waals surface area contributed by atoms with Gasteiger partial charge in [-0.05, 0) is 26.1 Å². The van der Waals surface area contributed by atoms with Gasteiger partial charge in [0.1, 0.15) is 0 Å². The summed E-state index contributed by atoms with van der Waals surface area (Å²) in [7, 11) is 2.14. The summed E-state index contributed by atoms with van der Waals surface area (Å²) < 4.78 is 0. The lowest BCUT2D eigenvalue weighted by Crippen LogP contribution is -2.35. The number of hydrogen-bond donors (Lipinski definition) is 1. The summed E-state index contributed by atoms with van der Waals surface area (Å²) in [5, 5.41) is 4.37. The van der Waals surface area contributed by atoms with Crippen molar-refractivity contribution in [3.8, 4) is 0 Å². The molecule has 96 valence electrons. The maximum atomic E-state index is 3.54. The van der Waals surface area contributed by atoms with E-state index in [-0.39, 0.29) is 0 Å². The zero-order chi connectivity index (χ0) is 11.6. The molecule has 1 aliphatic carbocycles. The molecule has 0 aromatic heterocycles. The largest absolute Gasteiger partial charge is 0.316 e. The highest BCUT2D eigenvalue weighted by Gasteiger charge is 2.18. The van der Waals surface area contributed by atoms with Crippen molar-refractivity contribution in [2.45, 2.75) is 75.5 Å². The summed E-state index contributed by atoms with van der Waals surface area (Å²) >= 11 is 2.07. The molecule has 1 nitrogen and oxygen atoms in total. The van der Waals surface area contributed by atoms with Crippen molar-refractivity contribution in [3.05, 3.63) is 0 Å². The SMILES string of the molecule is CNC1CCCCCCCCCCC1SC. The molecule has 1 fully saturated rings. The van der Waals surface area contributed by atoms with Gasteiger partial charge in [-0.2, -0.15) is 11.8 Å². The standard InChI is InChI=1S/C14H29NS/c1-15-13-11-9-7-5-3-4-6-8-10-12-14(13)16-2/h13-15H,3-12H2,1-2H3. The summed E-state index contributed by atoms with van der Waals surface area (Å²) in [6.07, 6.45) is 16.7. The van der Waals surface area contributed by atoms with E-state index in [0.29, 0.717) is 0 Å². The molecule has 0 saturated heterocycles. The fraction of sp³-hybridized carbons (Fsp3) is 1.00. The van der Waals surface area contributed by atoms with E-state index >= 15 is 0 Å². The van der Waals surface area contributed by atoms with Gasteiger partial charge in [-0.3, -0.25) is 0 Å². The van der Waals surface area contributed by atoms with E-state index in [1.807, 2.05) is 0 Å². The van der Waals surface area contributed by atoms with Crippen LogP contribution in [0.25, 0.3) is 0 Å². The van der Waals surface area contributed by atoms with E-state index in [0.717, 1.165) is 11.3 Å². The third-order valence-electron chi connectivity index (χ3n) is 3.88. The molecule has 0 bridgehead atoms. The molecule has 2 unspecified atom stereocenters. The van der Waals surface area contributed by atoms with Crippen molar-refractivity contribution in [3.63, 3.8) is 0 Å². The first-order chi connectivity index (χ1) is 7.88. The van der Waals surface area contributed by atoms with Crippen LogP contribution in [0.2, 0.25) is 0 Å². The Morgan fingerprint density at radius 3 is 1.81 bits per heavy atom. The molecular weight excluding hydrogens is 214 g/mol. The van der Waals surface area contributed by atoms with Gasteiger partial charge in [0.05, 0.1) is 0 Å². The topological polar surface area (TPSA) is 12.0 Å². The van der Waals surface area contributed by atoms with Crippen LogP contribution >= 0.6 is 11.8 Å².